The Morgan fingerprint density at radius 1 is 1.54 bits per heavy atom. The number of hydrogen-bond acceptors (Lipinski definition) is 2. The molecule has 0 unspecified atom stereocenters. The third kappa shape index (κ3) is 3.08. The molecule has 3 heteroatoms. The van der Waals surface area contributed by atoms with Crippen LogP contribution in [0.1, 0.15) is 13.8 Å². The minimum atomic E-state index is -0.367. The molecular formula is C10H11BrN2. The lowest BCUT2D eigenvalue weighted by molar-refractivity contribution is 0.735. The van der Waals surface area contributed by atoms with E-state index in [1.54, 1.807) is 0 Å². The molecule has 1 rings (SSSR count). The molecule has 0 saturated heterocycles. The first kappa shape index (κ1) is 10.1. The van der Waals surface area contributed by atoms with Crippen LogP contribution < -0.4 is 5.32 Å². The average molecular weight is 239 g/mol. The Morgan fingerprint density at radius 3 is 2.77 bits per heavy atom. The molecule has 68 valence electrons. The molecule has 0 bridgehead atoms. The predicted octanol–water partition coefficient (Wildman–Crippen LogP) is 2.67. The quantitative estimate of drug-likeness (QED) is 0.634. The molecule has 13 heavy (non-hydrogen) atoms. The third-order valence-corrected chi connectivity index (χ3v) is 1.96. The van der Waals surface area contributed by atoms with Crippen LogP contribution in [0.15, 0.2) is 22.8 Å². The van der Waals surface area contributed by atoms with Crippen LogP contribution >= 0.6 is 15.9 Å². The molecule has 1 aromatic rings. The van der Waals surface area contributed by atoms with E-state index < -0.39 is 0 Å². The van der Waals surface area contributed by atoms with Crippen molar-refractivity contribution in [2.75, 3.05) is 5.32 Å². The Kier molecular flexibility index (Phi) is 2.94. The van der Waals surface area contributed by atoms with Crippen LogP contribution in [0.2, 0.25) is 0 Å². The minimum Gasteiger partial charge on any atom is -0.354 e. The van der Waals surface area contributed by atoms with Gasteiger partial charge in [0.05, 0.1) is 5.54 Å². The van der Waals surface area contributed by atoms with Crippen molar-refractivity contribution in [3.05, 3.63) is 22.8 Å². The normalized spacial score (nSPS) is 10.6. The first-order valence-electron chi connectivity index (χ1n) is 3.92. The van der Waals surface area contributed by atoms with Gasteiger partial charge in [0.15, 0.2) is 0 Å². The van der Waals surface area contributed by atoms with E-state index in [0.717, 1.165) is 10.4 Å². The van der Waals surface area contributed by atoms with Gasteiger partial charge in [-0.3, -0.25) is 0 Å². The lowest BCUT2D eigenvalue weighted by Gasteiger charge is -2.20. The van der Waals surface area contributed by atoms with Gasteiger partial charge in [0.1, 0.15) is 10.4 Å². The lowest BCUT2D eigenvalue weighted by atomic mass is 10.1. The highest BCUT2D eigenvalue weighted by Gasteiger charge is 2.13. The maximum Gasteiger partial charge on any atom is 0.128 e. The van der Waals surface area contributed by atoms with Crippen molar-refractivity contribution < 1.29 is 0 Å². The summed E-state index contributed by atoms with van der Waals surface area (Å²) in [5.41, 5.74) is -0.367. The van der Waals surface area contributed by atoms with Gasteiger partial charge in [-0.1, -0.05) is 12.0 Å². The van der Waals surface area contributed by atoms with Crippen LogP contribution in [0, 0.1) is 12.3 Å². The van der Waals surface area contributed by atoms with Gasteiger partial charge < -0.3 is 5.32 Å². The second kappa shape index (κ2) is 3.80. The van der Waals surface area contributed by atoms with E-state index in [2.05, 4.69) is 32.2 Å². The summed E-state index contributed by atoms with van der Waals surface area (Å²) in [6.45, 7) is 3.85. The fraction of sp³-hybridized carbons (Fsp3) is 0.300. The van der Waals surface area contributed by atoms with Gasteiger partial charge in [-0.15, -0.1) is 6.42 Å². The summed E-state index contributed by atoms with van der Waals surface area (Å²) >= 11 is 3.29. The van der Waals surface area contributed by atoms with Crippen LogP contribution in [-0.4, -0.2) is 10.5 Å². The van der Waals surface area contributed by atoms with Gasteiger partial charge in [0.2, 0.25) is 0 Å². The topological polar surface area (TPSA) is 24.9 Å². The number of nitrogens with one attached hydrogen (secondary N) is 1. The molecule has 1 aromatic heterocycles. The maximum absolute atomic E-state index is 5.34. The molecule has 2 nitrogen and oxygen atoms in total. The number of halogens is 1. The number of rotatable bonds is 2. The minimum absolute atomic E-state index is 0.367. The molecule has 0 amide bonds. The first-order chi connectivity index (χ1) is 6.03. The fourth-order valence-electron chi connectivity index (χ4n) is 0.834. The monoisotopic (exact) mass is 238 g/mol. The molecule has 0 saturated carbocycles. The summed E-state index contributed by atoms with van der Waals surface area (Å²) < 4.78 is 0.797. The molecule has 1 N–H and O–H groups in total. The fourth-order valence-corrected chi connectivity index (χ4v) is 1.18. The summed E-state index contributed by atoms with van der Waals surface area (Å²) in [4.78, 5) is 4.22. The van der Waals surface area contributed by atoms with Crippen LogP contribution in [0.3, 0.4) is 0 Å². The molecule has 0 aliphatic carbocycles. The van der Waals surface area contributed by atoms with E-state index in [0.29, 0.717) is 0 Å². The number of pyridine rings is 1. The third-order valence-electron chi connectivity index (χ3n) is 1.52. The molecule has 0 radical (unpaired) electrons. The van der Waals surface area contributed by atoms with Crippen molar-refractivity contribution in [3.63, 3.8) is 0 Å². The number of anilines is 1. The number of aromatic nitrogens is 1. The Bertz CT molecular complexity index is 339. The summed E-state index contributed by atoms with van der Waals surface area (Å²) in [7, 11) is 0. The van der Waals surface area contributed by atoms with E-state index in [-0.39, 0.29) is 5.54 Å². The van der Waals surface area contributed by atoms with E-state index in [1.165, 1.54) is 0 Å². The standard InChI is InChI=1S/C10H11BrN2/c1-4-10(2,3)13-9-7-5-6-8(11)12-9/h1,5-7H,2-3H3,(H,12,13). The molecule has 0 fully saturated rings. The van der Waals surface area contributed by atoms with Gasteiger partial charge in [-0.25, -0.2) is 4.98 Å². The Labute approximate surface area is 86.9 Å². The maximum atomic E-state index is 5.34. The highest BCUT2D eigenvalue weighted by atomic mass is 79.9. The summed E-state index contributed by atoms with van der Waals surface area (Å²) in [5.74, 6) is 3.42. The molecule has 0 spiro atoms. The zero-order valence-electron chi connectivity index (χ0n) is 7.63. The summed E-state index contributed by atoms with van der Waals surface area (Å²) in [6.07, 6.45) is 5.34. The summed E-state index contributed by atoms with van der Waals surface area (Å²) in [6, 6.07) is 5.66. The van der Waals surface area contributed by atoms with Crippen LogP contribution in [0.4, 0.5) is 5.82 Å². The van der Waals surface area contributed by atoms with Crippen molar-refractivity contribution >= 4 is 21.7 Å². The van der Waals surface area contributed by atoms with Crippen LogP contribution in [0.5, 0.6) is 0 Å². The van der Waals surface area contributed by atoms with Crippen molar-refractivity contribution in [3.8, 4) is 12.3 Å². The first-order valence-corrected chi connectivity index (χ1v) is 4.71. The Morgan fingerprint density at radius 2 is 2.23 bits per heavy atom. The van der Waals surface area contributed by atoms with Crippen LogP contribution in [0.25, 0.3) is 0 Å². The largest absolute Gasteiger partial charge is 0.354 e. The SMILES string of the molecule is C#CC(C)(C)Nc1cccc(Br)n1. The molecule has 1 heterocycles. The Hall–Kier alpha value is -1.01. The van der Waals surface area contributed by atoms with E-state index in [4.69, 9.17) is 6.42 Å². The van der Waals surface area contributed by atoms with Gasteiger partial charge in [-0.05, 0) is 41.9 Å². The van der Waals surface area contributed by atoms with Gasteiger partial charge in [0.25, 0.3) is 0 Å². The second-order valence-corrected chi connectivity index (χ2v) is 4.05. The van der Waals surface area contributed by atoms with Crippen LogP contribution in [-0.2, 0) is 0 Å². The number of nitrogens with zero attached hydrogens (tertiary/aromatic N) is 1. The zero-order chi connectivity index (χ0) is 9.90. The molecule has 0 aliphatic rings. The van der Waals surface area contributed by atoms with Crippen molar-refractivity contribution in [2.45, 2.75) is 19.4 Å². The van der Waals surface area contributed by atoms with E-state index in [9.17, 15) is 0 Å². The second-order valence-electron chi connectivity index (χ2n) is 3.24. The van der Waals surface area contributed by atoms with E-state index >= 15 is 0 Å². The van der Waals surface area contributed by atoms with Crippen molar-refractivity contribution in [1.29, 1.82) is 0 Å². The smallest absolute Gasteiger partial charge is 0.128 e. The lowest BCUT2D eigenvalue weighted by Crippen LogP contribution is -2.28. The number of hydrogen-bond donors (Lipinski definition) is 1. The average Bonchev–Trinajstić information content (AvgIpc) is 2.03. The number of terminal acetylenes is 1. The molecule has 0 aliphatic heterocycles. The van der Waals surface area contributed by atoms with Gasteiger partial charge in [0, 0.05) is 0 Å². The molecular weight excluding hydrogens is 228 g/mol. The molecule has 0 atom stereocenters. The Balaban J connectivity index is 2.82. The highest BCUT2D eigenvalue weighted by molar-refractivity contribution is 9.10. The van der Waals surface area contributed by atoms with Crippen molar-refractivity contribution in [1.82, 2.24) is 4.98 Å². The highest BCUT2D eigenvalue weighted by Crippen LogP contribution is 2.14. The van der Waals surface area contributed by atoms with Gasteiger partial charge in [-0.2, -0.15) is 0 Å². The zero-order valence-corrected chi connectivity index (χ0v) is 9.22. The predicted molar refractivity (Wildman–Crippen MR) is 58.5 cm³/mol. The molecule has 0 aromatic carbocycles. The summed E-state index contributed by atoms with van der Waals surface area (Å²) in [5, 5.41) is 3.13. The van der Waals surface area contributed by atoms with Crippen molar-refractivity contribution in [2.24, 2.45) is 0 Å². The van der Waals surface area contributed by atoms with Gasteiger partial charge >= 0.3 is 0 Å². The van der Waals surface area contributed by atoms with E-state index in [1.807, 2.05) is 32.0 Å².